The Morgan fingerprint density at radius 2 is 1.97 bits per heavy atom. The van der Waals surface area contributed by atoms with Crippen LogP contribution in [0.4, 0.5) is 4.79 Å². The van der Waals surface area contributed by atoms with Gasteiger partial charge in [0, 0.05) is 0 Å². The fourth-order valence-corrected chi connectivity index (χ4v) is 3.47. The molecule has 31 heavy (non-hydrogen) atoms. The minimum absolute atomic E-state index is 0.0215. The molecule has 7 heteroatoms. The van der Waals surface area contributed by atoms with Gasteiger partial charge in [-0.1, -0.05) is 48.4 Å². The standard InChI is InChI=1S/C24H27ClN2O4/c1-5-16(4)31-22-19(25)11-18(13-21(22)30-6-2)12-20-23(28)27(24(29)26-20)14-17-9-7-8-15(3)10-17/h7-13,16H,5-6,14H2,1-4H3,(H,26,29)/b20-12+/t16-/m0/s1. The van der Waals surface area contributed by atoms with E-state index in [9.17, 15) is 9.59 Å². The van der Waals surface area contributed by atoms with Crippen molar-refractivity contribution in [2.45, 2.75) is 46.8 Å². The number of hydrogen-bond acceptors (Lipinski definition) is 4. The topological polar surface area (TPSA) is 67.9 Å². The molecule has 0 aliphatic carbocycles. The number of aryl methyl sites for hydroxylation is 1. The molecule has 1 saturated heterocycles. The number of imide groups is 1. The Kier molecular flexibility index (Phi) is 7.23. The minimum Gasteiger partial charge on any atom is -0.490 e. The van der Waals surface area contributed by atoms with Crippen molar-refractivity contribution >= 4 is 29.6 Å². The van der Waals surface area contributed by atoms with Gasteiger partial charge in [0.2, 0.25) is 0 Å². The highest BCUT2D eigenvalue weighted by Crippen LogP contribution is 2.38. The maximum atomic E-state index is 12.8. The molecule has 3 rings (SSSR count). The second-order valence-corrected chi connectivity index (χ2v) is 7.88. The maximum absolute atomic E-state index is 12.8. The van der Waals surface area contributed by atoms with Crippen molar-refractivity contribution in [1.29, 1.82) is 0 Å². The third-order valence-electron chi connectivity index (χ3n) is 4.92. The Bertz CT molecular complexity index is 1020. The van der Waals surface area contributed by atoms with Gasteiger partial charge in [-0.05, 0) is 56.5 Å². The molecule has 1 N–H and O–H groups in total. The zero-order chi connectivity index (χ0) is 22.5. The summed E-state index contributed by atoms with van der Waals surface area (Å²) >= 11 is 6.46. The van der Waals surface area contributed by atoms with Gasteiger partial charge in [-0.3, -0.25) is 9.69 Å². The number of amides is 3. The summed E-state index contributed by atoms with van der Waals surface area (Å²) in [6.45, 7) is 8.46. The highest BCUT2D eigenvalue weighted by Gasteiger charge is 2.33. The average Bonchev–Trinajstić information content (AvgIpc) is 2.98. The Labute approximate surface area is 187 Å². The summed E-state index contributed by atoms with van der Waals surface area (Å²) in [6.07, 6.45) is 2.40. The highest BCUT2D eigenvalue weighted by molar-refractivity contribution is 6.32. The third kappa shape index (κ3) is 5.39. The number of hydrogen-bond donors (Lipinski definition) is 1. The number of nitrogens with zero attached hydrogens (tertiary/aromatic N) is 1. The van der Waals surface area contributed by atoms with Crippen molar-refractivity contribution in [3.63, 3.8) is 0 Å². The summed E-state index contributed by atoms with van der Waals surface area (Å²) < 4.78 is 11.6. The Morgan fingerprint density at radius 3 is 2.65 bits per heavy atom. The van der Waals surface area contributed by atoms with Crippen molar-refractivity contribution in [2.24, 2.45) is 0 Å². The molecule has 0 bridgehead atoms. The van der Waals surface area contributed by atoms with Gasteiger partial charge in [0.25, 0.3) is 5.91 Å². The van der Waals surface area contributed by atoms with E-state index < -0.39 is 6.03 Å². The van der Waals surface area contributed by atoms with E-state index in [2.05, 4.69) is 5.32 Å². The lowest BCUT2D eigenvalue weighted by Gasteiger charge is -2.18. The summed E-state index contributed by atoms with van der Waals surface area (Å²) in [5, 5.41) is 3.03. The predicted molar refractivity (Wildman–Crippen MR) is 121 cm³/mol. The fourth-order valence-electron chi connectivity index (χ4n) is 3.21. The van der Waals surface area contributed by atoms with Crippen LogP contribution < -0.4 is 14.8 Å². The first-order valence-electron chi connectivity index (χ1n) is 10.4. The van der Waals surface area contributed by atoms with Crippen molar-refractivity contribution in [1.82, 2.24) is 10.2 Å². The quantitative estimate of drug-likeness (QED) is 0.444. The lowest BCUT2D eigenvalue weighted by molar-refractivity contribution is -0.123. The Balaban J connectivity index is 1.87. The normalized spacial score (nSPS) is 15.9. The molecule has 1 atom stereocenters. The van der Waals surface area contributed by atoms with E-state index in [1.165, 1.54) is 4.90 Å². The van der Waals surface area contributed by atoms with E-state index in [1.54, 1.807) is 18.2 Å². The van der Waals surface area contributed by atoms with Crippen LogP contribution in [0.25, 0.3) is 6.08 Å². The van der Waals surface area contributed by atoms with Crippen LogP contribution in [0.3, 0.4) is 0 Å². The van der Waals surface area contributed by atoms with Gasteiger partial charge in [0.1, 0.15) is 5.70 Å². The Morgan fingerprint density at radius 1 is 1.19 bits per heavy atom. The van der Waals surface area contributed by atoms with Crippen molar-refractivity contribution in [3.05, 3.63) is 63.8 Å². The monoisotopic (exact) mass is 442 g/mol. The van der Waals surface area contributed by atoms with E-state index in [0.29, 0.717) is 28.7 Å². The molecule has 1 aliphatic rings. The molecule has 3 amide bonds. The molecule has 1 fully saturated rings. The molecule has 1 aliphatic heterocycles. The number of urea groups is 1. The van der Waals surface area contributed by atoms with Gasteiger partial charge in [0.15, 0.2) is 11.5 Å². The molecule has 6 nitrogen and oxygen atoms in total. The van der Waals surface area contributed by atoms with Gasteiger partial charge in [-0.2, -0.15) is 0 Å². The van der Waals surface area contributed by atoms with Gasteiger partial charge in [-0.25, -0.2) is 4.79 Å². The number of benzene rings is 2. The van der Waals surface area contributed by atoms with E-state index in [0.717, 1.165) is 17.5 Å². The van der Waals surface area contributed by atoms with E-state index in [1.807, 2.05) is 52.0 Å². The smallest absolute Gasteiger partial charge is 0.329 e. The molecular weight excluding hydrogens is 416 g/mol. The zero-order valence-electron chi connectivity index (χ0n) is 18.2. The summed E-state index contributed by atoms with van der Waals surface area (Å²) in [4.78, 5) is 26.4. The Hall–Kier alpha value is -2.99. The molecule has 1 heterocycles. The summed E-state index contributed by atoms with van der Waals surface area (Å²) in [5.41, 5.74) is 2.77. The van der Waals surface area contributed by atoms with Crippen LogP contribution in [0, 0.1) is 6.92 Å². The molecule has 2 aromatic carbocycles. The van der Waals surface area contributed by atoms with Crippen molar-refractivity contribution in [2.75, 3.05) is 6.61 Å². The number of rotatable bonds is 8. The lowest BCUT2D eigenvalue weighted by Crippen LogP contribution is -2.30. The fraction of sp³-hybridized carbons (Fsp3) is 0.333. The summed E-state index contributed by atoms with van der Waals surface area (Å²) in [6, 6.07) is 10.7. The largest absolute Gasteiger partial charge is 0.490 e. The first kappa shape index (κ1) is 22.7. The molecular formula is C24H27ClN2O4. The van der Waals surface area contributed by atoms with Crippen LogP contribution in [0.2, 0.25) is 5.02 Å². The second kappa shape index (κ2) is 9.88. The molecule has 0 aromatic heterocycles. The van der Waals surface area contributed by atoms with Gasteiger partial charge in [0.05, 0.1) is 24.3 Å². The average molecular weight is 443 g/mol. The van der Waals surface area contributed by atoms with Crippen molar-refractivity contribution in [3.8, 4) is 11.5 Å². The molecule has 0 radical (unpaired) electrons. The SMILES string of the molecule is CCOc1cc(/C=C2/NC(=O)N(Cc3cccc(C)c3)C2=O)cc(Cl)c1O[C@@H](C)CC. The summed E-state index contributed by atoms with van der Waals surface area (Å²) in [5.74, 6) is 0.582. The number of carbonyl (C=O) groups excluding carboxylic acids is 2. The van der Waals surface area contributed by atoms with Gasteiger partial charge >= 0.3 is 6.03 Å². The number of ether oxygens (including phenoxy) is 2. The molecule has 0 saturated carbocycles. The number of carbonyl (C=O) groups is 2. The third-order valence-corrected chi connectivity index (χ3v) is 5.20. The number of nitrogens with one attached hydrogen (secondary N) is 1. The molecule has 0 unspecified atom stereocenters. The first-order valence-corrected chi connectivity index (χ1v) is 10.7. The van der Waals surface area contributed by atoms with Crippen molar-refractivity contribution < 1.29 is 19.1 Å². The first-order chi connectivity index (χ1) is 14.8. The van der Waals surface area contributed by atoms with Gasteiger partial charge < -0.3 is 14.8 Å². The predicted octanol–water partition coefficient (Wildman–Crippen LogP) is 5.32. The van der Waals surface area contributed by atoms with Crippen LogP contribution in [0.1, 0.15) is 43.9 Å². The molecule has 164 valence electrons. The lowest BCUT2D eigenvalue weighted by atomic mass is 10.1. The molecule has 2 aromatic rings. The van der Waals surface area contributed by atoms with E-state index in [4.69, 9.17) is 21.1 Å². The van der Waals surface area contributed by atoms with Crippen LogP contribution in [0.5, 0.6) is 11.5 Å². The minimum atomic E-state index is -0.453. The van der Waals surface area contributed by atoms with E-state index in [-0.39, 0.29) is 24.3 Å². The van der Waals surface area contributed by atoms with Crippen LogP contribution in [-0.4, -0.2) is 29.5 Å². The molecule has 0 spiro atoms. The maximum Gasteiger partial charge on any atom is 0.329 e. The van der Waals surface area contributed by atoms with Crippen LogP contribution >= 0.6 is 11.6 Å². The summed E-state index contributed by atoms with van der Waals surface area (Å²) in [7, 11) is 0. The second-order valence-electron chi connectivity index (χ2n) is 7.47. The number of halogens is 1. The van der Waals surface area contributed by atoms with Crippen LogP contribution in [0.15, 0.2) is 42.1 Å². The highest BCUT2D eigenvalue weighted by atomic mass is 35.5. The van der Waals surface area contributed by atoms with Gasteiger partial charge in [-0.15, -0.1) is 0 Å². The van der Waals surface area contributed by atoms with E-state index >= 15 is 0 Å². The zero-order valence-corrected chi connectivity index (χ0v) is 19.0. The van der Waals surface area contributed by atoms with Crippen LogP contribution in [-0.2, 0) is 11.3 Å².